The van der Waals surface area contributed by atoms with E-state index in [0.29, 0.717) is 6.42 Å². The van der Waals surface area contributed by atoms with Crippen molar-refractivity contribution in [3.8, 4) is 0 Å². The Morgan fingerprint density at radius 3 is 2.67 bits per heavy atom. The standard InChI is InChI=1S/C13H15NO/c1-3-13(15)12-9-10-7-5-6-8-11(10)14(12)4-2/h5-9H,3-4H2,1-2H3. The highest BCUT2D eigenvalue weighted by Gasteiger charge is 2.11. The zero-order valence-corrected chi connectivity index (χ0v) is 9.16. The molecule has 0 spiro atoms. The molecule has 0 atom stereocenters. The van der Waals surface area contributed by atoms with E-state index in [1.807, 2.05) is 31.2 Å². The Balaban J connectivity index is 2.69. The lowest BCUT2D eigenvalue weighted by atomic mass is 10.2. The molecule has 0 radical (unpaired) electrons. The van der Waals surface area contributed by atoms with Gasteiger partial charge in [0.1, 0.15) is 0 Å². The maximum absolute atomic E-state index is 11.7. The van der Waals surface area contributed by atoms with Crippen LogP contribution >= 0.6 is 0 Å². The molecule has 0 aliphatic carbocycles. The van der Waals surface area contributed by atoms with Crippen LogP contribution in [0.4, 0.5) is 0 Å². The van der Waals surface area contributed by atoms with Crippen molar-refractivity contribution in [2.45, 2.75) is 26.8 Å². The predicted molar refractivity (Wildman–Crippen MR) is 62.2 cm³/mol. The first kappa shape index (κ1) is 9.97. The Kier molecular flexibility index (Phi) is 2.58. The average Bonchev–Trinajstić information content (AvgIpc) is 2.66. The number of rotatable bonds is 3. The van der Waals surface area contributed by atoms with E-state index in [2.05, 4.69) is 17.6 Å². The Morgan fingerprint density at radius 1 is 1.27 bits per heavy atom. The number of hydrogen-bond donors (Lipinski definition) is 0. The number of hydrogen-bond acceptors (Lipinski definition) is 1. The van der Waals surface area contributed by atoms with Gasteiger partial charge in [-0.25, -0.2) is 0 Å². The normalized spacial score (nSPS) is 10.8. The van der Waals surface area contributed by atoms with E-state index in [-0.39, 0.29) is 5.78 Å². The Morgan fingerprint density at radius 2 is 2.00 bits per heavy atom. The minimum absolute atomic E-state index is 0.216. The molecule has 2 heteroatoms. The third kappa shape index (κ3) is 1.56. The molecule has 0 saturated heterocycles. The minimum atomic E-state index is 0.216. The first-order valence-corrected chi connectivity index (χ1v) is 5.39. The van der Waals surface area contributed by atoms with Crippen LogP contribution in [0.15, 0.2) is 30.3 Å². The maximum atomic E-state index is 11.7. The van der Waals surface area contributed by atoms with Crippen molar-refractivity contribution in [3.05, 3.63) is 36.0 Å². The van der Waals surface area contributed by atoms with E-state index in [0.717, 1.165) is 23.1 Å². The monoisotopic (exact) mass is 201 g/mol. The molecule has 0 unspecified atom stereocenters. The zero-order valence-electron chi connectivity index (χ0n) is 9.16. The third-order valence-electron chi connectivity index (χ3n) is 2.73. The molecule has 0 aliphatic rings. The summed E-state index contributed by atoms with van der Waals surface area (Å²) in [5.74, 6) is 0.216. The zero-order chi connectivity index (χ0) is 10.8. The number of aryl methyl sites for hydroxylation is 1. The number of para-hydroxylation sites is 1. The molecule has 0 N–H and O–H groups in total. The fourth-order valence-corrected chi connectivity index (χ4v) is 1.96. The summed E-state index contributed by atoms with van der Waals surface area (Å²) in [5.41, 5.74) is 1.98. The van der Waals surface area contributed by atoms with Gasteiger partial charge in [0.05, 0.1) is 5.69 Å². The molecule has 78 valence electrons. The molecule has 1 heterocycles. The molecule has 2 nitrogen and oxygen atoms in total. The highest BCUT2D eigenvalue weighted by atomic mass is 16.1. The average molecular weight is 201 g/mol. The van der Waals surface area contributed by atoms with E-state index in [9.17, 15) is 4.79 Å². The first-order chi connectivity index (χ1) is 7.27. The second kappa shape index (κ2) is 3.89. The van der Waals surface area contributed by atoms with Gasteiger partial charge in [0.2, 0.25) is 0 Å². The fraction of sp³-hybridized carbons (Fsp3) is 0.308. The van der Waals surface area contributed by atoms with Gasteiger partial charge in [-0.2, -0.15) is 0 Å². The number of fused-ring (bicyclic) bond motifs is 1. The van der Waals surface area contributed by atoms with Crippen molar-refractivity contribution < 1.29 is 4.79 Å². The SMILES string of the molecule is CCC(=O)c1cc2ccccc2n1CC. The van der Waals surface area contributed by atoms with E-state index >= 15 is 0 Å². The molecule has 1 aromatic carbocycles. The lowest BCUT2D eigenvalue weighted by Crippen LogP contribution is -2.06. The summed E-state index contributed by atoms with van der Waals surface area (Å²) in [5, 5.41) is 1.15. The van der Waals surface area contributed by atoms with Crippen molar-refractivity contribution in [2.75, 3.05) is 0 Å². The lowest BCUT2D eigenvalue weighted by Gasteiger charge is -2.05. The molecule has 0 aliphatic heterocycles. The van der Waals surface area contributed by atoms with E-state index in [1.165, 1.54) is 0 Å². The van der Waals surface area contributed by atoms with Gasteiger partial charge in [-0.3, -0.25) is 4.79 Å². The van der Waals surface area contributed by atoms with Gasteiger partial charge in [0.15, 0.2) is 5.78 Å². The van der Waals surface area contributed by atoms with Crippen LogP contribution in [0, 0.1) is 0 Å². The molecule has 15 heavy (non-hydrogen) atoms. The minimum Gasteiger partial charge on any atom is -0.338 e. The largest absolute Gasteiger partial charge is 0.338 e. The van der Waals surface area contributed by atoms with E-state index in [4.69, 9.17) is 0 Å². The van der Waals surface area contributed by atoms with Crippen LogP contribution in [0.3, 0.4) is 0 Å². The van der Waals surface area contributed by atoms with Gasteiger partial charge in [-0.1, -0.05) is 25.1 Å². The third-order valence-corrected chi connectivity index (χ3v) is 2.73. The molecule has 1 aromatic heterocycles. The Labute approximate surface area is 89.5 Å². The summed E-state index contributed by atoms with van der Waals surface area (Å²) in [7, 11) is 0. The second-order valence-corrected chi connectivity index (χ2v) is 3.61. The highest BCUT2D eigenvalue weighted by molar-refractivity contribution is 5.99. The maximum Gasteiger partial charge on any atom is 0.178 e. The van der Waals surface area contributed by atoms with Crippen LogP contribution in [0.5, 0.6) is 0 Å². The molecule has 0 saturated carbocycles. The Bertz CT molecular complexity index is 496. The van der Waals surface area contributed by atoms with Crippen molar-refractivity contribution >= 4 is 16.7 Å². The van der Waals surface area contributed by atoms with E-state index < -0.39 is 0 Å². The summed E-state index contributed by atoms with van der Waals surface area (Å²) in [4.78, 5) is 11.7. The van der Waals surface area contributed by atoms with Gasteiger partial charge in [-0.05, 0) is 19.1 Å². The van der Waals surface area contributed by atoms with Gasteiger partial charge in [-0.15, -0.1) is 0 Å². The molecular formula is C13H15NO. The number of Topliss-reactive ketones (excluding diaryl/α,β-unsaturated/α-hetero) is 1. The van der Waals surface area contributed by atoms with Crippen LogP contribution in [0.2, 0.25) is 0 Å². The van der Waals surface area contributed by atoms with Crippen LogP contribution in [-0.4, -0.2) is 10.4 Å². The molecule has 0 fully saturated rings. The summed E-state index contributed by atoms with van der Waals surface area (Å²) < 4.78 is 2.08. The fourth-order valence-electron chi connectivity index (χ4n) is 1.96. The first-order valence-electron chi connectivity index (χ1n) is 5.39. The smallest absolute Gasteiger partial charge is 0.178 e. The van der Waals surface area contributed by atoms with Crippen LogP contribution in [0.25, 0.3) is 10.9 Å². The van der Waals surface area contributed by atoms with Gasteiger partial charge >= 0.3 is 0 Å². The topological polar surface area (TPSA) is 22.0 Å². The lowest BCUT2D eigenvalue weighted by molar-refractivity contribution is 0.0980. The molecular weight excluding hydrogens is 186 g/mol. The molecule has 0 amide bonds. The number of benzene rings is 1. The van der Waals surface area contributed by atoms with Crippen molar-refractivity contribution in [2.24, 2.45) is 0 Å². The number of aromatic nitrogens is 1. The number of carbonyl (C=O) groups excluding carboxylic acids is 1. The van der Waals surface area contributed by atoms with E-state index in [1.54, 1.807) is 0 Å². The van der Waals surface area contributed by atoms with Crippen LogP contribution in [0.1, 0.15) is 30.8 Å². The van der Waals surface area contributed by atoms with Gasteiger partial charge in [0.25, 0.3) is 0 Å². The summed E-state index contributed by atoms with van der Waals surface area (Å²) in [6.07, 6.45) is 0.566. The summed E-state index contributed by atoms with van der Waals surface area (Å²) in [6.45, 7) is 4.81. The molecule has 0 bridgehead atoms. The second-order valence-electron chi connectivity index (χ2n) is 3.61. The van der Waals surface area contributed by atoms with Crippen molar-refractivity contribution in [1.82, 2.24) is 4.57 Å². The highest BCUT2D eigenvalue weighted by Crippen LogP contribution is 2.20. The van der Waals surface area contributed by atoms with Gasteiger partial charge in [0, 0.05) is 23.9 Å². The summed E-state index contributed by atoms with van der Waals surface area (Å²) in [6, 6.07) is 10.1. The van der Waals surface area contributed by atoms with Crippen LogP contribution in [-0.2, 0) is 6.54 Å². The predicted octanol–water partition coefficient (Wildman–Crippen LogP) is 3.25. The number of ketones is 1. The molecule has 2 rings (SSSR count). The quantitative estimate of drug-likeness (QED) is 0.699. The number of carbonyl (C=O) groups is 1. The van der Waals surface area contributed by atoms with Gasteiger partial charge < -0.3 is 4.57 Å². The van der Waals surface area contributed by atoms with Crippen LogP contribution < -0.4 is 0 Å². The van der Waals surface area contributed by atoms with Crippen molar-refractivity contribution in [3.63, 3.8) is 0 Å². The van der Waals surface area contributed by atoms with Crippen molar-refractivity contribution in [1.29, 1.82) is 0 Å². The molecule has 2 aromatic rings. The number of nitrogens with zero attached hydrogens (tertiary/aromatic N) is 1. The Hall–Kier alpha value is -1.57. The summed E-state index contributed by atoms with van der Waals surface area (Å²) >= 11 is 0.